The molecule has 1 N–H and O–H groups in total. The summed E-state index contributed by atoms with van der Waals surface area (Å²) in [4.78, 5) is 27.0. The maximum atomic E-state index is 13.7. The number of esters is 1. The van der Waals surface area contributed by atoms with Gasteiger partial charge in [-0.25, -0.2) is 9.18 Å². The van der Waals surface area contributed by atoms with Gasteiger partial charge in [-0.3, -0.25) is 14.7 Å². The van der Waals surface area contributed by atoms with Gasteiger partial charge in [0.05, 0.1) is 17.7 Å². The Bertz CT molecular complexity index is 858. The van der Waals surface area contributed by atoms with Gasteiger partial charge in [-0.15, -0.1) is 0 Å². The van der Waals surface area contributed by atoms with Crippen molar-refractivity contribution < 1.29 is 23.8 Å². The molecule has 0 amide bonds. The molecule has 0 bridgehead atoms. The quantitative estimate of drug-likeness (QED) is 0.738. The zero-order valence-electron chi connectivity index (χ0n) is 16.4. The van der Waals surface area contributed by atoms with Crippen LogP contribution in [-0.2, 0) is 22.5 Å². The normalized spacial score (nSPS) is 16.1. The predicted molar refractivity (Wildman–Crippen MR) is 107 cm³/mol. The van der Waals surface area contributed by atoms with Crippen molar-refractivity contribution in [3.63, 3.8) is 0 Å². The Morgan fingerprint density at radius 3 is 2.76 bits per heavy atom. The summed E-state index contributed by atoms with van der Waals surface area (Å²) in [5.74, 6) is -1.55. The van der Waals surface area contributed by atoms with E-state index in [9.17, 15) is 9.18 Å². The largest absolute Gasteiger partial charge is 0.481 e. The molecule has 1 aliphatic rings. The summed E-state index contributed by atoms with van der Waals surface area (Å²) in [6, 6.07) is 6.62. The first-order valence-electron chi connectivity index (χ1n) is 9.17. The van der Waals surface area contributed by atoms with Gasteiger partial charge >= 0.3 is 5.97 Å². The number of hydrogen-bond acceptors (Lipinski definition) is 5. The van der Waals surface area contributed by atoms with E-state index in [1.165, 1.54) is 13.2 Å². The number of aliphatic carboxylic acids is 1. The van der Waals surface area contributed by atoms with Crippen molar-refractivity contribution in [2.75, 3.05) is 20.2 Å². The fourth-order valence-electron chi connectivity index (χ4n) is 3.30. The molecule has 1 fully saturated rings. The van der Waals surface area contributed by atoms with Crippen LogP contribution in [0.5, 0.6) is 0 Å². The van der Waals surface area contributed by atoms with Gasteiger partial charge in [0.25, 0.3) is 5.97 Å². The molecule has 1 saturated heterocycles. The zero-order valence-corrected chi connectivity index (χ0v) is 17.2. The number of carbonyl (C=O) groups excluding carboxylic acids is 1. The van der Waals surface area contributed by atoms with Crippen molar-refractivity contribution in [3.8, 4) is 0 Å². The summed E-state index contributed by atoms with van der Waals surface area (Å²) >= 11 is 6.18. The minimum absolute atomic E-state index is 0.00146. The van der Waals surface area contributed by atoms with Crippen molar-refractivity contribution >= 4 is 23.5 Å². The van der Waals surface area contributed by atoms with E-state index in [1.807, 2.05) is 6.07 Å². The van der Waals surface area contributed by atoms with Crippen LogP contribution in [0.2, 0.25) is 5.02 Å². The third-order valence-corrected chi connectivity index (χ3v) is 4.92. The number of carboxylic acid groups (broad SMARTS) is 1. The van der Waals surface area contributed by atoms with Gasteiger partial charge in [-0.1, -0.05) is 17.7 Å². The number of benzene rings is 1. The van der Waals surface area contributed by atoms with Crippen molar-refractivity contribution in [1.29, 1.82) is 0 Å². The molecule has 1 atom stereocenters. The Kier molecular flexibility index (Phi) is 8.54. The summed E-state index contributed by atoms with van der Waals surface area (Å²) in [6.45, 7) is 3.83. The van der Waals surface area contributed by atoms with Crippen LogP contribution in [0.1, 0.15) is 34.8 Å². The number of aromatic nitrogens is 1. The summed E-state index contributed by atoms with van der Waals surface area (Å²) in [5, 5.41) is 8.10. The van der Waals surface area contributed by atoms with Crippen LogP contribution < -0.4 is 0 Å². The second-order valence-electron chi connectivity index (χ2n) is 6.89. The molecule has 0 aliphatic carbocycles. The number of rotatable bonds is 5. The third kappa shape index (κ3) is 7.11. The minimum atomic E-state index is -0.833. The van der Waals surface area contributed by atoms with Crippen LogP contribution in [0.3, 0.4) is 0 Å². The maximum Gasteiger partial charge on any atom is 0.340 e. The second kappa shape index (κ2) is 10.9. The first-order valence-corrected chi connectivity index (χ1v) is 9.55. The summed E-state index contributed by atoms with van der Waals surface area (Å²) in [7, 11) is 1.26. The van der Waals surface area contributed by atoms with Crippen LogP contribution >= 0.6 is 11.6 Å². The molecular weight excluding hydrogens is 399 g/mol. The van der Waals surface area contributed by atoms with Gasteiger partial charge in [-0.2, -0.15) is 0 Å². The fourth-order valence-corrected chi connectivity index (χ4v) is 3.47. The number of nitrogens with zero attached hydrogens (tertiary/aromatic N) is 2. The lowest BCUT2D eigenvalue weighted by Gasteiger charge is -2.17. The average molecular weight is 423 g/mol. The number of likely N-dealkylation sites (tertiary alicyclic amines) is 1. The topological polar surface area (TPSA) is 79.7 Å². The molecule has 1 aliphatic heterocycles. The highest BCUT2D eigenvalue weighted by atomic mass is 35.5. The fraction of sp³-hybridized carbons (Fsp3) is 0.381. The Morgan fingerprint density at radius 1 is 1.38 bits per heavy atom. The van der Waals surface area contributed by atoms with Gasteiger partial charge in [0, 0.05) is 32.4 Å². The molecule has 0 saturated carbocycles. The van der Waals surface area contributed by atoms with Gasteiger partial charge < -0.3 is 9.84 Å². The molecule has 1 unspecified atom stereocenters. The molecule has 0 radical (unpaired) electrons. The predicted octanol–water partition coefficient (Wildman–Crippen LogP) is 3.82. The maximum absolute atomic E-state index is 13.7. The molecule has 1 aromatic heterocycles. The molecule has 0 spiro atoms. The molecule has 8 heteroatoms. The number of methoxy groups -OCH3 is 1. The lowest BCUT2D eigenvalue weighted by Crippen LogP contribution is -2.21. The zero-order chi connectivity index (χ0) is 21.4. The molecule has 29 heavy (non-hydrogen) atoms. The Hall–Kier alpha value is -2.51. The van der Waals surface area contributed by atoms with E-state index < -0.39 is 17.8 Å². The van der Waals surface area contributed by atoms with E-state index in [4.69, 9.17) is 21.5 Å². The molecule has 2 heterocycles. The Morgan fingerprint density at radius 2 is 2.10 bits per heavy atom. The second-order valence-corrected chi connectivity index (χ2v) is 7.29. The van der Waals surface area contributed by atoms with Crippen LogP contribution in [0.4, 0.5) is 4.39 Å². The highest BCUT2D eigenvalue weighted by Gasteiger charge is 2.24. The van der Waals surface area contributed by atoms with Crippen molar-refractivity contribution in [2.24, 2.45) is 5.92 Å². The van der Waals surface area contributed by atoms with E-state index in [-0.39, 0.29) is 5.56 Å². The average Bonchev–Trinajstić information content (AvgIpc) is 3.11. The number of carboxylic acids is 1. The smallest absolute Gasteiger partial charge is 0.340 e. The lowest BCUT2D eigenvalue weighted by molar-refractivity contribution is -0.134. The standard InChI is InChI=1S/C19H20ClFN2O2.C2H4O2/c1-25-19(24)16-9-13(2-3-18(16)21)8-14-5-7-23(11-14)12-15-4-6-22-10-17(15)20;1-2(3)4/h2-4,6,9-10,14H,5,7-8,11-12H2,1H3;1H3,(H,3,4). The van der Waals surface area contributed by atoms with E-state index in [0.29, 0.717) is 10.9 Å². The first kappa shape index (κ1) is 22.8. The van der Waals surface area contributed by atoms with Crippen LogP contribution in [0.25, 0.3) is 0 Å². The van der Waals surface area contributed by atoms with E-state index >= 15 is 0 Å². The number of carbonyl (C=O) groups is 2. The van der Waals surface area contributed by atoms with E-state index in [0.717, 1.165) is 50.5 Å². The number of ether oxygens (including phenoxy) is 1. The molecule has 3 rings (SSSR count). The first-order chi connectivity index (χ1) is 13.8. The molecule has 6 nitrogen and oxygen atoms in total. The summed E-state index contributed by atoms with van der Waals surface area (Å²) in [6.07, 6.45) is 5.29. The number of halogens is 2. The van der Waals surface area contributed by atoms with Crippen molar-refractivity contribution in [1.82, 2.24) is 9.88 Å². The number of pyridine rings is 1. The summed E-state index contributed by atoms with van der Waals surface area (Å²) < 4.78 is 18.4. The highest BCUT2D eigenvalue weighted by Crippen LogP contribution is 2.25. The van der Waals surface area contributed by atoms with Gasteiger partial charge in [-0.05, 0) is 54.6 Å². The minimum Gasteiger partial charge on any atom is -0.481 e. The molecule has 156 valence electrons. The lowest BCUT2D eigenvalue weighted by atomic mass is 9.97. The van der Waals surface area contributed by atoms with Gasteiger partial charge in [0.15, 0.2) is 0 Å². The van der Waals surface area contributed by atoms with Crippen LogP contribution in [-0.4, -0.2) is 47.1 Å². The Balaban J connectivity index is 0.000000687. The summed E-state index contributed by atoms with van der Waals surface area (Å²) in [5.41, 5.74) is 2.03. The van der Waals surface area contributed by atoms with E-state index in [1.54, 1.807) is 24.5 Å². The molecule has 2 aromatic rings. The van der Waals surface area contributed by atoms with Crippen LogP contribution in [0, 0.1) is 11.7 Å². The van der Waals surface area contributed by atoms with E-state index in [2.05, 4.69) is 14.6 Å². The molecule has 1 aromatic carbocycles. The molecular formula is C21H24ClFN2O4. The highest BCUT2D eigenvalue weighted by molar-refractivity contribution is 6.31. The van der Waals surface area contributed by atoms with Crippen LogP contribution in [0.15, 0.2) is 36.7 Å². The van der Waals surface area contributed by atoms with Gasteiger partial charge in [0.2, 0.25) is 0 Å². The number of hydrogen-bond donors (Lipinski definition) is 1. The van der Waals surface area contributed by atoms with Crippen molar-refractivity contribution in [3.05, 3.63) is 64.2 Å². The SMILES string of the molecule is CC(=O)O.COC(=O)c1cc(CC2CCN(Cc3ccncc3Cl)C2)ccc1F. The third-order valence-electron chi connectivity index (χ3n) is 4.58. The van der Waals surface area contributed by atoms with Gasteiger partial charge in [0.1, 0.15) is 5.82 Å². The Labute approximate surface area is 174 Å². The van der Waals surface area contributed by atoms with Crippen molar-refractivity contribution in [2.45, 2.75) is 26.3 Å². The monoisotopic (exact) mass is 422 g/mol.